The van der Waals surface area contributed by atoms with Crippen molar-refractivity contribution in [3.05, 3.63) is 59.2 Å². The first-order valence-electron chi connectivity index (χ1n) is 7.77. The fraction of sp³-hybridized carbons (Fsp3) is 0.263. The summed E-state index contributed by atoms with van der Waals surface area (Å²) in [6.45, 7) is 5.95. The molecule has 126 valence electrons. The van der Waals surface area contributed by atoms with Crippen molar-refractivity contribution in [2.24, 2.45) is 0 Å². The molecule has 0 unspecified atom stereocenters. The SMILES string of the molecule is CCOC(=O)c1ccc(NC(=O)COc2cccc(C)c2C)cc1. The van der Waals surface area contributed by atoms with Crippen LogP contribution in [0.4, 0.5) is 5.69 Å². The van der Waals surface area contributed by atoms with Crippen molar-refractivity contribution in [3.8, 4) is 5.75 Å². The van der Waals surface area contributed by atoms with Crippen molar-refractivity contribution < 1.29 is 19.1 Å². The fourth-order valence-corrected chi connectivity index (χ4v) is 2.12. The second-order valence-corrected chi connectivity index (χ2v) is 5.33. The standard InChI is InChI=1S/C19H21NO4/c1-4-23-19(22)15-8-10-16(11-9-15)20-18(21)12-24-17-7-5-6-13(2)14(17)3/h5-11H,4,12H2,1-3H3,(H,20,21). The van der Waals surface area contributed by atoms with Gasteiger partial charge in [-0.3, -0.25) is 4.79 Å². The van der Waals surface area contributed by atoms with Gasteiger partial charge in [0.2, 0.25) is 0 Å². The number of ether oxygens (including phenoxy) is 2. The summed E-state index contributed by atoms with van der Waals surface area (Å²) >= 11 is 0. The Kier molecular flexibility index (Phi) is 5.95. The third-order valence-corrected chi connectivity index (χ3v) is 3.59. The van der Waals surface area contributed by atoms with Gasteiger partial charge < -0.3 is 14.8 Å². The maximum Gasteiger partial charge on any atom is 0.338 e. The van der Waals surface area contributed by atoms with Gasteiger partial charge in [-0.2, -0.15) is 0 Å². The molecule has 1 amide bonds. The highest BCUT2D eigenvalue weighted by molar-refractivity contribution is 5.93. The number of rotatable bonds is 6. The molecule has 5 heteroatoms. The first kappa shape index (κ1) is 17.5. The molecule has 0 saturated heterocycles. The quantitative estimate of drug-likeness (QED) is 0.825. The predicted molar refractivity (Wildman–Crippen MR) is 92.4 cm³/mol. The Morgan fingerprint density at radius 2 is 1.75 bits per heavy atom. The van der Waals surface area contributed by atoms with E-state index in [2.05, 4.69) is 5.32 Å². The van der Waals surface area contributed by atoms with Crippen LogP contribution in [0, 0.1) is 13.8 Å². The number of carbonyl (C=O) groups excluding carboxylic acids is 2. The van der Waals surface area contributed by atoms with Gasteiger partial charge in [-0.25, -0.2) is 4.79 Å². The van der Waals surface area contributed by atoms with E-state index in [1.54, 1.807) is 31.2 Å². The first-order valence-corrected chi connectivity index (χ1v) is 7.77. The summed E-state index contributed by atoms with van der Waals surface area (Å²) in [6, 6.07) is 12.3. The van der Waals surface area contributed by atoms with Crippen LogP contribution in [0.1, 0.15) is 28.4 Å². The molecule has 24 heavy (non-hydrogen) atoms. The second-order valence-electron chi connectivity index (χ2n) is 5.33. The minimum atomic E-state index is -0.381. The van der Waals surface area contributed by atoms with Crippen molar-refractivity contribution in [2.75, 3.05) is 18.5 Å². The number of esters is 1. The van der Waals surface area contributed by atoms with E-state index in [9.17, 15) is 9.59 Å². The highest BCUT2D eigenvalue weighted by Crippen LogP contribution is 2.20. The van der Waals surface area contributed by atoms with Crippen LogP contribution in [-0.4, -0.2) is 25.1 Å². The molecule has 0 bridgehead atoms. The van der Waals surface area contributed by atoms with Crippen LogP contribution >= 0.6 is 0 Å². The van der Waals surface area contributed by atoms with Crippen molar-refractivity contribution in [1.29, 1.82) is 0 Å². The average Bonchev–Trinajstić information content (AvgIpc) is 2.57. The highest BCUT2D eigenvalue weighted by atomic mass is 16.5. The van der Waals surface area contributed by atoms with E-state index in [0.717, 1.165) is 11.1 Å². The Morgan fingerprint density at radius 1 is 1.04 bits per heavy atom. The van der Waals surface area contributed by atoms with Gasteiger partial charge in [0, 0.05) is 5.69 Å². The van der Waals surface area contributed by atoms with Gasteiger partial charge in [-0.15, -0.1) is 0 Å². The molecule has 0 saturated carbocycles. The summed E-state index contributed by atoms with van der Waals surface area (Å²) in [5.41, 5.74) is 3.17. The maximum absolute atomic E-state index is 12.0. The van der Waals surface area contributed by atoms with Crippen molar-refractivity contribution in [3.63, 3.8) is 0 Å². The van der Waals surface area contributed by atoms with E-state index in [-0.39, 0.29) is 18.5 Å². The van der Waals surface area contributed by atoms with E-state index in [4.69, 9.17) is 9.47 Å². The molecule has 0 aliphatic heterocycles. The largest absolute Gasteiger partial charge is 0.483 e. The number of anilines is 1. The molecule has 0 aliphatic carbocycles. The Labute approximate surface area is 141 Å². The highest BCUT2D eigenvalue weighted by Gasteiger charge is 2.09. The van der Waals surface area contributed by atoms with Gasteiger partial charge in [0.05, 0.1) is 12.2 Å². The van der Waals surface area contributed by atoms with Crippen LogP contribution in [0.3, 0.4) is 0 Å². The molecule has 0 heterocycles. The Morgan fingerprint density at radius 3 is 2.42 bits per heavy atom. The fourth-order valence-electron chi connectivity index (χ4n) is 2.12. The van der Waals surface area contributed by atoms with E-state index in [0.29, 0.717) is 23.6 Å². The number of aryl methyl sites for hydroxylation is 1. The van der Waals surface area contributed by atoms with Gasteiger partial charge in [-0.1, -0.05) is 12.1 Å². The van der Waals surface area contributed by atoms with Crippen molar-refractivity contribution >= 4 is 17.6 Å². The molecule has 2 rings (SSSR count). The first-order chi connectivity index (χ1) is 11.5. The van der Waals surface area contributed by atoms with E-state index in [1.807, 2.05) is 32.0 Å². The summed E-state index contributed by atoms with van der Waals surface area (Å²) in [5, 5.41) is 2.73. The molecule has 0 fully saturated rings. The molecule has 0 aliphatic rings. The zero-order valence-electron chi connectivity index (χ0n) is 14.1. The van der Waals surface area contributed by atoms with Crippen LogP contribution in [-0.2, 0) is 9.53 Å². The van der Waals surface area contributed by atoms with Gasteiger partial charge in [-0.05, 0) is 62.2 Å². The molecule has 5 nitrogen and oxygen atoms in total. The normalized spacial score (nSPS) is 10.1. The molecule has 0 radical (unpaired) electrons. The lowest BCUT2D eigenvalue weighted by Gasteiger charge is -2.11. The Balaban J connectivity index is 1.90. The van der Waals surface area contributed by atoms with Gasteiger partial charge in [0.15, 0.2) is 6.61 Å². The summed E-state index contributed by atoms with van der Waals surface area (Å²) < 4.78 is 10.5. The van der Waals surface area contributed by atoms with E-state index in [1.165, 1.54) is 0 Å². The average molecular weight is 327 g/mol. The number of hydrogen-bond acceptors (Lipinski definition) is 4. The maximum atomic E-state index is 12.0. The van der Waals surface area contributed by atoms with Gasteiger partial charge in [0.1, 0.15) is 5.75 Å². The smallest absolute Gasteiger partial charge is 0.338 e. The molecular weight excluding hydrogens is 306 g/mol. The number of benzene rings is 2. The zero-order chi connectivity index (χ0) is 17.5. The van der Waals surface area contributed by atoms with E-state index < -0.39 is 0 Å². The second kappa shape index (κ2) is 8.15. The number of nitrogens with one attached hydrogen (secondary N) is 1. The Hall–Kier alpha value is -2.82. The Bertz CT molecular complexity index is 723. The molecule has 2 aromatic carbocycles. The summed E-state index contributed by atoms with van der Waals surface area (Å²) in [4.78, 5) is 23.5. The lowest BCUT2D eigenvalue weighted by molar-refractivity contribution is -0.118. The van der Waals surface area contributed by atoms with Crippen LogP contribution in [0.15, 0.2) is 42.5 Å². The van der Waals surface area contributed by atoms with Crippen LogP contribution in [0.2, 0.25) is 0 Å². The monoisotopic (exact) mass is 327 g/mol. The molecule has 0 spiro atoms. The molecule has 2 aromatic rings. The minimum Gasteiger partial charge on any atom is -0.483 e. The topological polar surface area (TPSA) is 64.6 Å². The number of hydrogen-bond donors (Lipinski definition) is 1. The van der Waals surface area contributed by atoms with Crippen molar-refractivity contribution in [2.45, 2.75) is 20.8 Å². The molecular formula is C19H21NO4. The number of carbonyl (C=O) groups is 2. The predicted octanol–water partition coefficient (Wildman–Crippen LogP) is 3.50. The summed E-state index contributed by atoms with van der Waals surface area (Å²) in [6.07, 6.45) is 0. The van der Waals surface area contributed by atoms with Gasteiger partial charge >= 0.3 is 5.97 Å². The van der Waals surface area contributed by atoms with Crippen LogP contribution in [0.5, 0.6) is 5.75 Å². The minimum absolute atomic E-state index is 0.0794. The third-order valence-electron chi connectivity index (χ3n) is 3.59. The summed E-state index contributed by atoms with van der Waals surface area (Å²) in [7, 11) is 0. The van der Waals surface area contributed by atoms with Crippen LogP contribution in [0.25, 0.3) is 0 Å². The summed E-state index contributed by atoms with van der Waals surface area (Å²) in [5.74, 6) is 0.0521. The number of amides is 1. The lowest BCUT2D eigenvalue weighted by atomic mass is 10.1. The van der Waals surface area contributed by atoms with E-state index >= 15 is 0 Å². The lowest BCUT2D eigenvalue weighted by Crippen LogP contribution is -2.20. The third kappa shape index (κ3) is 4.59. The molecule has 1 N–H and O–H groups in total. The molecule has 0 atom stereocenters. The van der Waals surface area contributed by atoms with Gasteiger partial charge in [0.25, 0.3) is 5.91 Å². The van der Waals surface area contributed by atoms with Crippen LogP contribution < -0.4 is 10.1 Å². The molecule has 0 aromatic heterocycles. The van der Waals surface area contributed by atoms with Crippen molar-refractivity contribution in [1.82, 2.24) is 0 Å². The zero-order valence-corrected chi connectivity index (χ0v) is 14.1.